The van der Waals surface area contributed by atoms with Crippen molar-refractivity contribution in [1.82, 2.24) is 10.2 Å². The van der Waals surface area contributed by atoms with Gasteiger partial charge in [0.25, 0.3) is 0 Å². The fourth-order valence-corrected chi connectivity index (χ4v) is 2.38. The monoisotopic (exact) mass is 292 g/mol. The molecule has 0 saturated carbocycles. The molecule has 0 amide bonds. The van der Waals surface area contributed by atoms with Gasteiger partial charge in [-0.25, -0.2) is 13.4 Å². The number of hydrogen-bond donors (Lipinski definition) is 1. The third-order valence-corrected chi connectivity index (χ3v) is 3.65. The van der Waals surface area contributed by atoms with E-state index in [-0.39, 0.29) is 5.03 Å². The van der Waals surface area contributed by atoms with Crippen molar-refractivity contribution >= 4 is 27.6 Å². The predicted octanol–water partition coefficient (Wildman–Crippen LogP) is 1.63. The number of benzene rings is 1. The second kappa shape index (κ2) is 5.46. The van der Waals surface area contributed by atoms with Crippen molar-refractivity contribution in [3.05, 3.63) is 35.9 Å². The van der Waals surface area contributed by atoms with Crippen molar-refractivity contribution in [1.29, 1.82) is 0 Å². The molecule has 1 aromatic heterocycles. The summed E-state index contributed by atoms with van der Waals surface area (Å²) >= 11 is 0. The molecule has 7 heteroatoms. The van der Waals surface area contributed by atoms with Crippen LogP contribution in [0.5, 0.6) is 0 Å². The Morgan fingerprint density at radius 2 is 1.90 bits per heavy atom. The van der Waals surface area contributed by atoms with E-state index >= 15 is 0 Å². The lowest BCUT2D eigenvalue weighted by molar-refractivity contribution is 0.598. The van der Waals surface area contributed by atoms with Gasteiger partial charge in [0.1, 0.15) is 5.69 Å². The van der Waals surface area contributed by atoms with Gasteiger partial charge in [0.15, 0.2) is 20.7 Å². The molecule has 106 valence electrons. The summed E-state index contributed by atoms with van der Waals surface area (Å²) in [6, 6.07) is 9.46. The smallest absolute Gasteiger partial charge is 0.194 e. The number of hydrogen-bond acceptors (Lipinski definition) is 5. The largest absolute Gasteiger partial charge is 0.359 e. The van der Waals surface area contributed by atoms with Crippen LogP contribution in [0, 0.1) is 0 Å². The van der Waals surface area contributed by atoms with Crippen LogP contribution in [-0.4, -0.2) is 45.2 Å². The van der Waals surface area contributed by atoms with Gasteiger partial charge in [-0.3, -0.25) is 5.10 Å². The van der Waals surface area contributed by atoms with Gasteiger partial charge in [-0.1, -0.05) is 30.3 Å². The van der Waals surface area contributed by atoms with Crippen LogP contribution < -0.4 is 4.90 Å². The Balaban J connectivity index is 2.49. The van der Waals surface area contributed by atoms with Crippen LogP contribution in [0.15, 0.2) is 40.4 Å². The molecule has 0 atom stereocenters. The van der Waals surface area contributed by atoms with E-state index in [1.165, 1.54) is 0 Å². The normalized spacial score (nSPS) is 11.9. The van der Waals surface area contributed by atoms with Crippen LogP contribution in [0.25, 0.3) is 0 Å². The van der Waals surface area contributed by atoms with Crippen molar-refractivity contribution < 1.29 is 8.42 Å². The summed E-state index contributed by atoms with van der Waals surface area (Å²) in [4.78, 5) is 6.00. The lowest BCUT2D eigenvalue weighted by atomic mass is 10.2. The first kappa shape index (κ1) is 14.3. The molecule has 20 heavy (non-hydrogen) atoms. The van der Waals surface area contributed by atoms with Crippen LogP contribution >= 0.6 is 0 Å². The molecule has 0 fully saturated rings. The van der Waals surface area contributed by atoms with Gasteiger partial charge in [0.05, 0.1) is 0 Å². The summed E-state index contributed by atoms with van der Waals surface area (Å²) in [7, 11) is 0.154. The standard InChI is InChI=1S/C13H16N4O2S/c1-17(2)12-11(13(16-15-12)20(3,18)19)14-9-10-7-5-4-6-8-10/h4-9H,1-3H3,(H,15,16). The SMILES string of the molecule is CN(C)c1n[nH]c(S(C)(=O)=O)c1N=Cc1ccccc1. The van der Waals surface area contributed by atoms with Gasteiger partial charge >= 0.3 is 0 Å². The summed E-state index contributed by atoms with van der Waals surface area (Å²) in [5.74, 6) is 0.484. The highest BCUT2D eigenvalue weighted by atomic mass is 32.2. The topological polar surface area (TPSA) is 78.4 Å². The summed E-state index contributed by atoms with van der Waals surface area (Å²) < 4.78 is 23.5. The average Bonchev–Trinajstić information content (AvgIpc) is 2.81. The Bertz CT molecular complexity index is 718. The molecule has 0 aliphatic rings. The molecule has 1 heterocycles. The fraction of sp³-hybridized carbons (Fsp3) is 0.231. The maximum atomic E-state index is 11.7. The van der Waals surface area contributed by atoms with Crippen molar-refractivity contribution in [2.24, 2.45) is 4.99 Å². The Morgan fingerprint density at radius 3 is 2.45 bits per heavy atom. The first-order valence-electron chi connectivity index (χ1n) is 5.94. The van der Waals surface area contributed by atoms with Crippen LogP contribution in [0.2, 0.25) is 0 Å². The van der Waals surface area contributed by atoms with Gasteiger partial charge in [0.2, 0.25) is 0 Å². The van der Waals surface area contributed by atoms with Crippen LogP contribution in [0.1, 0.15) is 5.56 Å². The molecule has 2 rings (SSSR count). The van der Waals surface area contributed by atoms with E-state index in [1.54, 1.807) is 25.2 Å². The van der Waals surface area contributed by atoms with Crippen molar-refractivity contribution in [2.75, 3.05) is 25.3 Å². The molecule has 1 N–H and O–H groups in total. The number of aromatic nitrogens is 2. The van der Waals surface area contributed by atoms with Gasteiger partial charge in [0, 0.05) is 26.6 Å². The van der Waals surface area contributed by atoms with Gasteiger partial charge in [-0.15, -0.1) is 0 Å². The summed E-state index contributed by atoms with van der Waals surface area (Å²) in [6.07, 6.45) is 2.74. The number of anilines is 1. The number of aliphatic imine (C=N–C) groups is 1. The molecule has 0 bridgehead atoms. The number of nitrogens with zero attached hydrogens (tertiary/aromatic N) is 3. The maximum absolute atomic E-state index is 11.7. The van der Waals surface area contributed by atoms with E-state index < -0.39 is 9.84 Å². The zero-order valence-corrected chi connectivity index (χ0v) is 12.3. The summed E-state index contributed by atoms with van der Waals surface area (Å²) in [6.45, 7) is 0. The van der Waals surface area contributed by atoms with Crippen molar-refractivity contribution in [2.45, 2.75) is 5.03 Å². The lowest BCUT2D eigenvalue weighted by Crippen LogP contribution is -2.09. The Hall–Kier alpha value is -2.15. The second-order valence-corrected chi connectivity index (χ2v) is 6.51. The third-order valence-electron chi connectivity index (χ3n) is 2.63. The minimum atomic E-state index is -3.41. The highest BCUT2D eigenvalue weighted by Gasteiger charge is 2.21. The molecular weight excluding hydrogens is 276 g/mol. The zero-order chi connectivity index (χ0) is 14.8. The quantitative estimate of drug-likeness (QED) is 0.869. The van der Waals surface area contributed by atoms with Crippen molar-refractivity contribution in [3.63, 3.8) is 0 Å². The Labute approximate surface area is 118 Å². The van der Waals surface area contributed by atoms with E-state index in [0.29, 0.717) is 11.5 Å². The number of H-pyrrole nitrogens is 1. The molecule has 0 spiro atoms. The average molecular weight is 292 g/mol. The Morgan fingerprint density at radius 1 is 1.25 bits per heavy atom. The number of aromatic amines is 1. The number of sulfone groups is 1. The maximum Gasteiger partial charge on any atom is 0.194 e. The van der Waals surface area contributed by atoms with Gasteiger partial charge in [-0.2, -0.15) is 5.10 Å². The lowest BCUT2D eigenvalue weighted by Gasteiger charge is -2.08. The predicted molar refractivity (Wildman–Crippen MR) is 79.7 cm³/mol. The van der Waals surface area contributed by atoms with E-state index in [0.717, 1.165) is 11.8 Å². The van der Waals surface area contributed by atoms with Crippen LogP contribution in [0.3, 0.4) is 0 Å². The van der Waals surface area contributed by atoms with Crippen LogP contribution in [-0.2, 0) is 9.84 Å². The van der Waals surface area contributed by atoms with E-state index in [2.05, 4.69) is 15.2 Å². The van der Waals surface area contributed by atoms with Crippen molar-refractivity contribution in [3.8, 4) is 0 Å². The molecule has 2 aromatic rings. The van der Waals surface area contributed by atoms with E-state index in [9.17, 15) is 8.42 Å². The summed E-state index contributed by atoms with van der Waals surface area (Å²) in [5, 5.41) is 6.56. The summed E-state index contributed by atoms with van der Waals surface area (Å²) in [5.41, 5.74) is 1.21. The number of rotatable bonds is 4. The highest BCUT2D eigenvalue weighted by Crippen LogP contribution is 2.31. The molecule has 0 saturated heterocycles. The fourth-order valence-electron chi connectivity index (χ4n) is 1.68. The minimum Gasteiger partial charge on any atom is -0.359 e. The van der Waals surface area contributed by atoms with Crippen LogP contribution in [0.4, 0.5) is 11.5 Å². The number of nitrogens with one attached hydrogen (secondary N) is 1. The van der Waals surface area contributed by atoms with Gasteiger partial charge in [-0.05, 0) is 5.56 Å². The zero-order valence-electron chi connectivity index (χ0n) is 11.5. The molecular formula is C13H16N4O2S. The molecule has 1 aromatic carbocycles. The first-order valence-corrected chi connectivity index (χ1v) is 7.83. The Kier molecular flexibility index (Phi) is 3.89. The molecule has 0 aliphatic heterocycles. The molecule has 0 aliphatic carbocycles. The van der Waals surface area contributed by atoms with E-state index in [1.807, 2.05) is 30.3 Å². The highest BCUT2D eigenvalue weighted by molar-refractivity contribution is 7.90. The third kappa shape index (κ3) is 3.05. The minimum absolute atomic E-state index is 0.0216. The molecule has 0 radical (unpaired) electrons. The molecule has 0 unspecified atom stereocenters. The first-order chi connectivity index (χ1) is 9.39. The molecule has 6 nitrogen and oxygen atoms in total. The second-order valence-electron chi connectivity index (χ2n) is 4.56. The van der Waals surface area contributed by atoms with Gasteiger partial charge < -0.3 is 4.90 Å². The van der Waals surface area contributed by atoms with E-state index in [4.69, 9.17) is 0 Å².